The Morgan fingerprint density at radius 2 is 1.62 bits per heavy atom. The van der Waals surface area contributed by atoms with Gasteiger partial charge >= 0.3 is 0 Å². The van der Waals surface area contributed by atoms with Gasteiger partial charge in [-0.05, 0) is 33.8 Å². The molecule has 0 aromatic carbocycles. The van der Waals surface area contributed by atoms with Crippen LogP contribution in [0.2, 0.25) is 0 Å². The van der Waals surface area contributed by atoms with Crippen LogP contribution >= 0.6 is 0 Å². The summed E-state index contributed by atoms with van der Waals surface area (Å²) in [6.45, 7) is 14.2. The van der Waals surface area contributed by atoms with Gasteiger partial charge in [0, 0.05) is 23.9 Å². The van der Waals surface area contributed by atoms with Crippen LogP contribution in [0, 0.1) is 0 Å². The summed E-state index contributed by atoms with van der Waals surface area (Å²) in [7, 11) is 4.65. The van der Waals surface area contributed by atoms with E-state index in [0.29, 0.717) is 6.04 Å². The minimum Gasteiger partial charge on any atom is -0.323 e. The zero-order valence-corrected chi connectivity index (χ0v) is 11.9. The summed E-state index contributed by atoms with van der Waals surface area (Å²) in [6, 6.07) is 0.712. The molecular weight excluding hydrogens is 196 g/mol. The molecular formula is C14H29N2+. The van der Waals surface area contributed by atoms with Gasteiger partial charge in [-0.2, -0.15) is 0 Å². The van der Waals surface area contributed by atoms with E-state index in [0.717, 1.165) is 11.0 Å². The molecule has 1 aliphatic heterocycles. The number of quaternary nitrogens is 1. The quantitative estimate of drug-likeness (QED) is 0.575. The monoisotopic (exact) mass is 225 g/mol. The van der Waals surface area contributed by atoms with E-state index < -0.39 is 0 Å². The van der Waals surface area contributed by atoms with E-state index in [9.17, 15) is 0 Å². The van der Waals surface area contributed by atoms with E-state index in [-0.39, 0.29) is 11.1 Å². The highest BCUT2D eigenvalue weighted by Crippen LogP contribution is 2.33. The second kappa shape index (κ2) is 4.15. The average Bonchev–Trinajstić information content (AvgIpc) is 1.97. The summed E-state index contributed by atoms with van der Waals surface area (Å²) in [5.41, 5.74) is 0.478. The molecule has 0 saturated carbocycles. The summed E-state index contributed by atoms with van der Waals surface area (Å²) in [6.07, 6.45) is 4.51. The molecule has 1 N–H and O–H groups in total. The number of piperidine rings is 1. The summed E-state index contributed by atoms with van der Waals surface area (Å²) < 4.78 is 1.05. The zero-order chi connectivity index (χ0) is 12.6. The smallest absolute Gasteiger partial charge is 0.0969 e. The number of hydrogen-bond acceptors (Lipinski definition) is 1. The Labute approximate surface area is 101 Å². The van der Waals surface area contributed by atoms with Crippen molar-refractivity contribution in [2.45, 2.75) is 57.7 Å². The third-order valence-electron chi connectivity index (χ3n) is 3.76. The molecule has 0 aromatic rings. The lowest BCUT2D eigenvalue weighted by Crippen LogP contribution is -2.65. The fourth-order valence-electron chi connectivity index (χ4n) is 3.24. The van der Waals surface area contributed by atoms with E-state index in [4.69, 9.17) is 0 Å². The van der Waals surface area contributed by atoms with Crippen LogP contribution in [-0.2, 0) is 0 Å². The van der Waals surface area contributed by atoms with Gasteiger partial charge in [-0.1, -0.05) is 6.58 Å². The van der Waals surface area contributed by atoms with Crippen LogP contribution in [0.4, 0.5) is 0 Å². The van der Waals surface area contributed by atoms with Gasteiger partial charge in [0.15, 0.2) is 0 Å². The van der Waals surface area contributed by atoms with Crippen molar-refractivity contribution in [1.82, 2.24) is 5.32 Å². The minimum absolute atomic E-state index is 0.239. The van der Waals surface area contributed by atoms with Crippen LogP contribution in [0.25, 0.3) is 0 Å². The minimum atomic E-state index is 0.239. The summed E-state index contributed by atoms with van der Waals surface area (Å²) in [4.78, 5) is 0. The van der Waals surface area contributed by atoms with Crippen LogP contribution < -0.4 is 5.32 Å². The topological polar surface area (TPSA) is 12.0 Å². The summed E-state index contributed by atoms with van der Waals surface area (Å²) in [5, 5.41) is 3.74. The molecule has 0 amide bonds. The lowest BCUT2D eigenvalue weighted by atomic mass is 9.78. The van der Waals surface area contributed by atoms with Crippen molar-refractivity contribution in [3.63, 3.8) is 0 Å². The van der Waals surface area contributed by atoms with Gasteiger partial charge in [-0.15, -0.1) is 0 Å². The average molecular weight is 225 g/mol. The van der Waals surface area contributed by atoms with Crippen molar-refractivity contribution in [3.05, 3.63) is 12.7 Å². The molecule has 0 aliphatic carbocycles. The predicted octanol–water partition coefficient (Wildman–Crippen LogP) is 2.56. The summed E-state index contributed by atoms with van der Waals surface area (Å²) in [5.74, 6) is 0. The first-order valence-electron chi connectivity index (χ1n) is 6.31. The number of nitrogens with one attached hydrogen (secondary N) is 1. The van der Waals surface area contributed by atoms with Crippen LogP contribution in [0.5, 0.6) is 0 Å². The highest BCUT2D eigenvalue weighted by atomic mass is 15.3. The van der Waals surface area contributed by atoms with E-state index in [1.807, 2.05) is 6.08 Å². The number of hydrogen-bond donors (Lipinski definition) is 1. The molecule has 2 nitrogen and oxygen atoms in total. The number of nitrogens with zero attached hydrogens (tertiary/aromatic N) is 1. The molecule has 0 unspecified atom stereocenters. The van der Waals surface area contributed by atoms with Gasteiger partial charge < -0.3 is 9.80 Å². The second-order valence-electron chi connectivity index (χ2n) is 7.20. The maximum Gasteiger partial charge on any atom is 0.0969 e. The highest BCUT2D eigenvalue weighted by Gasteiger charge is 2.43. The van der Waals surface area contributed by atoms with Crippen molar-refractivity contribution in [2.75, 3.05) is 20.6 Å². The normalized spacial score (nSPS) is 25.4. The van der Waals surface area contributed by atoms with E-state index in [2.05, 4.69) is 53.7 Å². The third kappa shape index (κ3) is 3.33. The SMILES string of the molecule is C=CC[N+](C)(C)C1CC(C)(C)NC(C)(C)C1. The zero-order valence-electron chi connectivity index (χ0n) is 11.9. The van der Waals surface area contributed by atoms with Gasteiger partial charge in [-0.25, -0.2) is 0 Å². The molecule has 1 fully saturated rings. The fourth-order valence-corrected chi connectivity index (χ4v) is 3.24. The molecule has 16 heavy (non-hydrogen) atoms. The first-order valence-corrected chi connectivity index (χ1v) is 6.31. The second-order valence-corrected chi connectivity index (χ2v) is 7.20. The molecule has 0 bridgehead atoms. The molecule has 1 saturated heterocycles. The van der Waals surface area contributed by atoms with Crippen molar-refractivity contribution in [2.24, 2.45) is 0 Å². The van der Waals surface area contributed by atoms with Gasteiger partial charge in [0.05, 0.1) is 26.7 Å². The Kier molecular flexibility index (Phi) is 3.56. The van der Waals surface area contributed by atoms with E-state index in [1.165, 1.54) is 12.8 Å². The molecule has 1 rings (SSSR count). The molecule has 1 heterocycles. The molecule has 0 spiro atoms. The molecule has 94 valence electrons. The Balaban J connectivity index is 2.85. The Morgan fingerprint density at radius 1 is 1.19 bits per heavy atom. The van der Waals surface area contributed by atoms with Gasteiger partial charge in [0.1, 0.15) is 0 Å². The van der Waals surface area contributed by atoms with Crippen molar-refractivity contribution < 1.29 is 4.48 Å². The molecule has 0 atom stereocenters. The Hall–Kier alpha value is -0.340. The Morgan fingerprint density at radius 3 is 2.00 bits per heavy atom. The van der Waals surface area contributed by atoms with Crippen LogP contribution in [-0.4, -0.2) is 42.2 Å². The summed E-state index contributed by atoms with van der Waals surface area (Å²) >= 11 is 0. The first-order chi connectivity index (χ1) is 7.08. The number of likely N-dealkylation sites (N-methyl/N-ethyl adjacent to an activating group) is 1. The molecule has 2 heteroatoms. The third-order valence-corrected chi connectivity index (χ3v) is 3.76. The van der Waals surface area contributed by atoms with Crippen LogP contribution in [0.15, 0.2) is 12.7 Å². The van der Waals surface area contributed by atoms with E-state index in [1.54, 1.807) is 0 Å². The lowest BCUT2D eigenvalue weighted by Gasteiger charge is -2.51. The van der Waals surface area contributed by atoms with Crippen LogP contribution in [0.3, 0.4) is 0 Å². The standard InChI is InChI=1S/C14H29N2/c1-8-9-16(6,7)12-10-13(2,3)15-14(4,5)11-12/h8,12,15H,1,9-11H2,2-7H3/q+1. The Bertz CT molecular complexity index is 248. The van der Waals surface area contributed by atoms with Crippen LogP contribution in [0.1, 0.15) is 40.5 Å². The fraction of sp³-hybridized carbons (Fsp3) is 0.857. The predicted molar refractivity (Wildman–Crippen MR) is 71.5 cm³/mol. The lowest BCUT2D eigenvalue weighted by molar-refractivity contribution is -0.912. The van der Waals surface area contributed by atoms with Crippen molar-refractivity contribution in [1.29, 1.82) is 0 Å². The molecule has 1 aliphatic rings. The van der Waals surface area contributed by atoms with Gasteiger partial charge in [0.2, 0.25) is 0 Å². The maximum atomic E-state index is 3.88. The maximum absolute atomic E-state index is 3.88. The molecule has 0 radical (unpaired) electrons. The largest absolute Gasteiger partial charge is 0.323 e. The first kappa shape index (κ1) is 13.7. The van der Waals surface area contributed by atoms with Crippen molar-refractivity contribution in [3.8, 4) is 0 Å². The van der Waals surface area contributed by atoms with Gasteiger partial charge in [-0.3, -0.25) is 0 Å². The molecule has 0 aromatic heterocycles. The van der Waals surface area contributed by atoms with Crippen molar-refractivity contribution >= 4 is 0 Å². The highest BCUT2D eigenvalue weighted by molar-refractivity contribution is 4.97. The van der Waals surface area contributed by atoms with Gasteiger partial charge in [0.25, 0.3) is 0 Å². The number of rotatable bonds is 3. The van der Waals surface area contributed by atoms with E-state index >= 15 is 0 Å².